The summed E-state index contributed by atoms with van der Waals surface area (Å²) >= 11 is 0. The van der Waals surface area contributed by atoms with Gasteiger partial charge in [-0.1, -0.05) is 18.2 Å². The van der Waals surface area contributed by atoms with Crippen LogP contribution in [0, 0.1) is 0 Å². The number of carbonyl (C=O) groups excluding carboxylic acids is 3. The SMILES string of the molecule is COc1ccccc1C(=O)Nc1cccc2c1C(=O)NC2=O. The number of methoxy groups -OCH3 is 1. The number of ether oxygens (including phenoxy) is 1. The maximum absolute atomic E-state index is 12.4. The summed E-state index contributed by atoms with van der Waals surface area (Å²) in [4.78, 5) is 35.8. The number of para-hydroxylation sites is 1. The number of carbonyl (C=O) groups is 3. The summed E-state index contributed by atoms with van der Waals surface area (Å²) in [5.41, 5.74) is 1.06. The average molecular weight is 296 g/mol. The highest BCUT2D eigenvalue weighted by molar-refractivity contribution is 6.25. The minimum atomic E-state index is -0.518. The van der Waals surface area contributed by atoms with Crippen molar-refractivity contribution in [1.29, 1.82) is 0 Å². The summed E-state index contributed by atoms with van der Waals surface area (Å²) < 4.78 is 5.14. The normalized spacial score (nSPS) is 12.6. The van der Waals surface area contributed by atoms with Crippen LogP contribution in [0.1, 0.15) is 31.1 Å². The number of hydrogen-bond donors (Lipinski definition) is 2. The predicted molar refractivity (Wildman–Crippen MR) is 79.2 cm³/mol. The van der Waals surface area contributed by atoms with Crippen LogP contribution < -0.4 is 15.4 Å². The van der Waals surface area contributed by atoms with E-state index in [0.29, 0.717) is 11.3 Å². The topological polar surface area (TPSA) is 84.5 Å². The maximum Gasteiger partial charge on any atom is 0.261 e. The van der Waals surface area contributed by atoms with Gasteiger partial charge in [-0.05, 0) is 24.3 Å². The summed E-state index contributed by atoms with van der Waals surface area (Å²) in [5, 5.41) is 4.86. The molecule has 110 valence electrons. The lowest BCUT2D eigenvalue weighted by Crippen LogP contribution is -2.21. The first-order valence-electron chi connectivity index (χ1n) is 6.55. The van der Waals surface area contributed by atoms with Crippen molar-refractivity contribution in [3.05, 3.63) is 59.2 Å². The molecule has 0 saturated heterocycles. The van der Waals surface area contributed by atoms with Gasteiger partial charge >= 0.3 is 0 Å². The molecule has 0 bridgehead atoms. The highest BCUT2D eigenvalue weighted by Crippen LogP contribution is 2.26. The van der Waals surface area contributed by atoms with E-state index in [0.717, 1.165) is 0 Å². The highest BCUT2D eigenvalue weighted by Gasteiger charge is 2.30. The molecule has 3 rings (SSSR count). The van der Waals surface area contributed by atoms with Gasteiger partial charge in [0.25, 0.3) is 17.7 Å². The highest BCUT2D eigenvalue weighted by atomic mass is 16.5. The van der Waals surface area contributed by atoms with Gasteiger partial charge in [0.1, 0.15) is 5.75 Å². The standard InChI is InChI=1S/C16H12N2O4/c1-22-12-8-3-2-5-9(12)14(19)17-11-7-4-6-10-13(11)16(21)18-15(10)20/h2-8H,1H3,(H,17,19)(H,18,20,21). The van der Waals surface area contributed by atoms with Crippen molar-refractivity contribution in [2.24, 2.45) is 0 Å². The first-order valence-corrected chi connectivity index (χ1v) is 6.55. The molecule has 3 amide bonds. The molecule has 1 aliphatic rings. The minimum absolute atomic E-state index is 0.177. The van der Waals surface area contributed by atoms with Crippen LogP contribution in [0.4, 0.5) is 5.69 Å². The molecule has 2 aromatic rings. The maximum atomic E-state index is 12.4. The number of nitrogens with one attached hydrogen (secondary N) is 2. The lowest BCUT2D eigenvalue weighted by molar-refractivity contribution is 0.0879. The van der Waals surface area contributed by atoms with Gasteiger partial charge in [0.15, 0.2) is 0 Å². The van der Waals surface area contributed by atoms with Gasteiger partial charge in [-0.3, -0.25) is 19.7 Å². The van der Waals surface area contributed by atoms with E-state index in [1.807, 2.05) is 0 Å². The van der Waals surface area contributed by atoms with Crippen molar-refractivity contribution in [3.8, 4) is 5.75 Å². The summed E-state index contributed by atoms with van der Waals surface area (Å²) in [6.45, 7) is 0. The Bertz CT molecular complexity index is 798. The van der Waals surface area contributed by atoms with Gasteiger partial charge in [-0.25, -0.2) is 0 Å². The molecule has 0 radical (unpaired) electrons. The fraction of sp³-hybridized carbons (Fsp3) is 0.0625. The number of amides is 3. The number of fused-ring (bicyclic) bond motifs is 1. The lowest BCUT2D eigenvalue weighted by Gasteiger charge is -2.10. The second kappa shape index (κ2) is 5.33. The zero-order valence-electron chi connectivity index (χ0n) is 11.7. The zero-order valence-corrected chi connectivity index (χ0v) is 11.7. The van der Waals surface area contributed by atoms with Crippen LogP contribution in [0.3, 0.4) is 0 Å². The smallest absolute Gasteiger partial charge is 0.261 e. The summed E-state index contributed by atoms with van der Waals surface area (Å²) in [6.07, 6.45) is 0. The van der Waals surface area contributed by atoms with E-state index in [9.17, 15) is 14.4 Å². The molecule has 0 aromatic heterocycles. The van der Waals surface area contributed by atoms with E-state index >= 15 is 0 Å². The summed E-state index contributed by atoms with van der Waals surface area (Å²) in [5.74, 6) is -0.976. The molecule has 6 nitrogen and oxygen atoms in total. The minimum Gasteiger partial charge on any atom is -0.496 e. The molecular weight excluding hydrogens is 284 g/mol. The first kappa shape index (κ1) is 13.8. The van der Waals surface area contributed by atoms with Crippen LogP contribution in [0.5, 0.6) is 5.75 Å². The van der Waals surface area contributed by atoms with Gasteiger partial charge < -0.3 is 10.1 Å². The Morgan fingerprint density at radius 2 is 1.82 bits per heavy atom. The molecule has 1 heterocycles. The average Bonchev–Trinajstić information content (AvgIpc) is 2.83. The van der Waals surface area contributed by atoms with E-state index in [1.54, 1.807) is 36.4 Å². The number of rotatable bonds is 3. The van der Waals surface area contributed by atoms with E-state index in [4.69, 9.17) is 4.74 Å². The van der Waals surface area contributed by atoms with Crippen LogP contribution >= 0.6 is 0 Å². The predicted octanol–water partition coefficient (Wildman–Crippen LogP) is 1.83. The van der Waals surface area contributed by atoms with Crippen molar-refractivity contribution in [2.75, 3.05) is 12.4 Å². The third kappa shape index (κ3) is 2.20. The fourth-order valence-corrected chi connectivity index (χ4v) is 2.35. The molecule has 1 aliphatic heterocycles. The fourth-order valence-electron chi connectivity index (χ4n) is 2.35. The van der Waals surface area contributed by atoms with Gasteiger partial charge in [0.2, 0.25) is 0 Å². The molecule has 2 aromatic carbocycles. The second-order valence-corrected chi connectivity index (χ2v) is 4.67. The number of benzene rings is 2. The Morgan fingerprint density at radius 3 is 2.59 bits per heavy atom. The monoisotopic (exact) mass is 296 g/mol. The molecular formula is C16H12N2O4. The quantitative estimate of drug-likeness (QED) is 0.846. The van der Waals surface area contributed by atoms with E-state index < -0.39 is 17.7 Å². The van der Waals surface area contributed by atoms with Crippen molar-refractivity contribution >= 4 is 23.4 Å². The van der Waals surface area contributed by atoms with Gasteiger partial charge in [-0.2, -0.15) is 0 Å². The van der Waals surface area contributed by atoms with E-state index in [2.05, 4.69) is 10.6 Å². The Balaban J connectivity index is 1.97. The van der Waals surface area contributed by atoms with Gasteiger partial charge in [0.05, 0.1) is 29.5 Å². The second-order valence-electron chi connectivity index (χ2n) is 4.67. The molecule has 6 heteroatoms. The zero-order chi connectivity index (χ0) is 15.7. The molecule has 0 atom stereocenters. The Labute approximate surface area is 126 Å². The Hall–Kier alpha value is -3.15. The first-order chi connectivity index (χ1) is 10.6. The van der Waals surface area contributed by atoms with Crippen LogP contribution in [-0.2, 0) is 0 Å². The van der Waals surface area contributed by atoms with Gasteiger partial charge in [0, 0.05) is 0 Å². The van der Waals surface area contributed by atoms with Crippen molar-refractivity contribution in [3.63, 3.8) is 0 Å². The van der Waals surface area contributed by atoms with Crippen LogP contribution in [-0.4, -0.2) is 24.8 Å². The van der Waals surface area contributed by atoms with Crippen molar-refractivity contribution in [2.45, 2.75) is 0 Å². The lowest BCUT2D eigenvalue weighted by atomic mass is 10.1. The van der Waals surface area contributed by atoms with Gasteiger partial charge in [-0.15, -0.1) is 0 Å². The third-order valence-electron chi connectivity index (χ3n) is 3.36. The van der Waals surface area contributed by atoms with E-state index in [-0.39, 0.29) is 16.8 Å². The van der Waals surface area contributed by atoms with Crippen LogP contribution in [0.15, 0.2) is 42.5 Å². The molecule has 0 spiro atoms. The number of anilines is 1. The molecule has 0 saturated carbocycles. The Kier molecular flexibility index (Phi) is 3.34. The molecule has 22 heavy (non-hydrogen) atoms. The third-order valence-corrected chi connectivity index (χ3v) is 3.36. The number of hydrogen-bond acceptors (Lipinski definition) is 4. The van der Waals surface area contributed by atoms with Crippen LogP contribution in [0.25, 0.3) is 0 Å². The van der Waals surface area contributed by atoms with Crippen molar-refractivity contribution < 1.29 is 19.1 Å². The molecule has 0 fully saturated rings. The Morgan fingerprint density at radius 1 is 1.05 bits per heavy atom. The molecule has 0 unspecified atom stereocenters. The van der Waals surface area contributed by atoms with Crippen molar-refractivity contribution in [1.82, 2.24) is 5.32 Å². The number of imide groups is 1. The summed E-state index contributed by atoms with van der Waals surface area (Å²) in [6, 6.07) is 11.5. The van der Waals surface area contributed by atoms with Crippen LogP contribution in [0.2, 0.25) is 0 Å². The summed E-state index contributed by atoms with van der Waals surface area (Å²) in [7, 11) is 1.47. The molecule has 0 aliphatic carbocycles. The largest absolute Gasteiger partial charge is 0.496 e. The molecule has 2 N–H and O–H groups in total. The van der Waals surface area contributed by atoms with E-state index in [1.165, 1.54) is 13.2 Å².